The summed E-state index contributed by atoms with van der Waals surface area (Å²) in [6, 6.07) is 18.9. The van der Waals surface area contributed by atoms with Crippen LogP contribution in [0.4, 0.5) is 4.39 Å². The minimum atomic E-state index is -1.34. The van der Waals surface area contributed by atoms with E-state index in [-0.39, 0.29) is 11.4 Å². The van der Waals surface area contributed by atoms with Crippen LogP contribution in [0, 0.1) is 5.82 Å². The first-order chi connectivity index (χ1) is 17.3. The van der Waals surface area contributed by atoms with Gasteiger partial charge in [-0.25, -0.2) is 4.39 Å². The van der Waals surface area contributed by atoms with E-state index in [9.17, 15) is 9.18 Å². The Balaban J connectivity index is 1.87. The van der Waals surface area contributed by atoms with Crippen molar-refractivity contribution in [3.8, 4) is 11.1 Å². The fraction of sp³-hybridized carbons (Fsp3) is 0.143. The number of hydrazone groups is 1. The Morgan fingerprint density at radius 1 is 1.17 bits per heavy atom. The third-order valence-corrected chi connectivity index (χ3v) is 7.10. The second-order valence-corrected chi connectivity index (χ2v) is 9.34. The van der Waals surface area contributed by atoms with Crippen LogP contribution in [0.2, 0.25) is 5.02 Å². The molecule has 0 radical (unpaired) electrons. The van der Waals surface area contributed by atoms with Crippen LogP contribution < -0.4 is 17.1 Å². The van der Waals surface area contributed by atoms with Gasteiger partial charge in [0.15, 0.2) is 5.84 Å². The maximum atomic E-state index is 13.9. The molecule has 0 bridgehead atoms. The lowest BCUT2D eigenvalue weighted by molar-refractivity contribution is 0.576. The molecule has 1 atom stereocenters. The lowest BCUT2D eigenvalue weighted by Crippen LogP contribution is -2.52. The van der Waals surface area contributed by atoms with E-state index in [1.54, 1.807) is 47.0 Å². The molecule has 0 amide bonds. The Bertz CT molecular complexity index is 1590. The van der Waals surface area contributed by atoms with Crippen molar-refractivity contribution in [2.24, 2.45) is 16.7 Å². The summed E-state index contributed by atoms with van der Waals surface area (Å²) in [5.41, 5.74) is 10.5. The number of nitrogens with zero attached hydrogens (tertiary/aromatic N) is 3. The summed E-state index contributed by atoms with van der Waals surface area (Å²) in [5, 5.41) is 5.47. The number of hydrogen-bond acceptors (Lipinski definition) is 4. The van der Waals surface area contributed by atoms with Gasteiger partial charge in [-0.15, -0.1) is 0 Å². The van der Waals surface area contributed by atoms with Crippen molar-refractivity contribution in [2.75, 3.05) is 7.05 Å². The van der Waals surface area contributed by atoms with Gasteiger partial charge in [-0.2, -0.15) is 5.10 Å². The molecule has 1 aliphatic rings. The summed E-state index contributed by atoms with van der Waals surface area (Å²) >= 11 is 6.29. The van der Waals surface area contributed by atoms with E-state index < -0.39 is 5.54 Å². The molecular weight excluding hydrogens is 477 g/mol. The number of rotatable bonds is 5. The fourth-order valence-electron chi connectivity index (χ4n) is 5.07. The summed E-state index contributed by atoms with van der Waals surface area (Å²) in [4.78, 5) is 14.7. The van der Waals surface area contributed by atoms with E-state index in [0.717, 1.165) is 27.6 Å². The topological polar surface area (TPSA) is 89.6 Å². The van der Waals surface area contributed by atoms with Gasteiger partial charge in [0.05, 0.1) is 5.52 Å². The van der Waals surface area contributed by atoms with Crippen molar-refractivity contribution in [3.05, 3.63) is 117 Å². The Labute approximate surface area is 212 Å². The third kappa shape index (κ3) is 3.68. The van der Waals surface area contributed by atoms with Crippen LogP contribution in [0.3, 0.4) is 0 Å². The second-order valence-electron chi connectivity index (χ2n) is 8.90. The molecule has 6 nitrogen and oxygen atoms in total. The smallest absolute Gasteiger partial charge is 0.251 e. The molecule has 2 heterocycles. The van der Waals surface area contributed by atoms with Gasteiger partial charge in [-0.3, -0.25) is 4.79 Å². The lowest BCUT2D eigenvalue weighted by Gasteiger charge is -2.35. The van der Waals surface area contributed by atoms with Crippen molar-refractivity contribution in [3.63, 3.8) is 0 Å². The molecule has 0 saturated carbocycles. The highest BCUT2D eigenvalue weighted by atomic mass is 35.5. The minimum Gasteiger partial charge on any atom is -0.337 e. The van der Waals surface area contributed by atoms with Crippen molar-refractivity contribution < 1.29 is 4.39 Å². The predicted molar refractivity (Wildman–Crippen MR) is 143 cm³/mol. The van der Waals surface area contributed by atoms with E-state index in [2.05, 4.69) is 11.7 Å². The molecule has 182 valence electrons. The normalized spacial score (nSPS) is 14.6. The number of likely N-dealkylation sites (N-methyl/N-ethyl adjacent to an activating group) is 1. The minimum absolute atomic E-state index is 0.0721. The molecule has 0 fully saturated rings. The number of amidine groups is 1. The van der Waals surface area contributed by atoms with Crippen molar-refractivity contribution in [1.82, 2.24) is 9.47 Å². The molecule has 0 aliphatic carbocycles. The lowest BCUT2D eigenvalue weighted by atomic mass is 9.80. The van der Waals surface area contributed by atoms with Crippen LogP contribution in [-0.4, -0.2) is 22.4 Å². The molecule has 0 spiro atoms. The number of aryl methyl sites for hydroxylation is 2. The number of pyridine rings is 1. The zero-order chi connectivity index (χ0) is 25.6. The molecule has 5 rings (SSSR count). The molecule has 4 N–H and O–H groups in total. The van der Waals surface area contributed by atoms with Crippen molar-refractivity contribution in [2.45, 2.75) is 18.5 Å². The number of nitrogens with two attached hydrogens (primary N) is 2. The van der Waals surface area contributed by atoms with E-state index in [1.807, 2.05) is 30.3 Å². The summed E-state index contributed by atoms with van der Waals surface area (Å²) in [6.45, 7) is 4.40. The standard InChI is InChI=1S/C28H25ClFN5O/c1-3-34(2)27(33-32)28(31,19-7-9-22(30)10-8-19)20-13-18-11-12-35-25(36)16-23(24(15-20)26(18)35)17-5-4-6-21(29)14-17/h3-10,13-16H,1,11-12,31-32H2,2H3/b33-27-. The number of halogens is 2. The molecule has 1 unspecified atom stereocenters. The molecule has 4 aromatic rings. The van der Waals surface area contributed by atoms with E-state index in [0.29, 0.717) is 35.0 Å². The Morgan fingerprint density at radius 3 is 2.58 bits per heavy atom. The molecule has 36 heavy (non-hydrogen) atoms. The third-order valence-electron chi connectivity index (χ3n) is 6.86. The van der Waals surface area contributed by atoms with Crippen molar-refractivity contribution >= 4 is 28.3 Å². The maximum absolute atomic E-state index is 13.9. The first kappa shape index (κ1) is 23.8. The summed E-state index contributed by atoms with van der Waals surface area (Å²) in [7, 11) is 1.75. The van der Waals surface area contributed by atoms with Gasteiger partial charge in [-0.1, -0.05) is 48.5 Å². The van der Waals surface area contributed by atoms with Gasteiger partial charge in [0.1, 0.15) is 11.4 Å². The largest absolute Gasteiger partial charge is 0.337 e. The summed E-state index contributed by atoms with van der Waals surface area (Å²) in [6.07, 6.45) is 2.23. The molecule has 1 aliphatic heterocycles. The van der Waals surface area contributed by atoms with Gasteiger partial charge in [0.25, 0.3) is 5.56 Å². The number of benzene rings is 3. The van der Waals surface area contributed by atoms with E-state index >= 15 is 0 Å². The highest BCUT2D eigenvalue weighted by Gasteiger charge is 2.39. The van der Waals surface area contributed by atoms with Gasteiger partial charge in [0.2, 0.25) is 0 Å². The van der Waals surface area contributed by atoms with Gasteiger partial charge in [0, 0.05) is 30.1 Å². The van der Waals surface area contributed by atoms with Gasteiger partial charge in [-0.05, 0) is 70.8 Å². The van der Waals surface area contributed by atoms with Crippen LogP contribution in [-0.2, 0) is 18.5 Å². The zero-order valence-corrected chi connectivity index (χ0v) is 20.5. The highest BCUT2D eigenvalue weighted by Crippen LogP contribution is 2.39. The zero-order valence-electron chi connectivity index (χ0n) is 19.7. The monoisotopic (exact) mass is 501 g/mol. The Kier molecular flexibility index (Phi) is 5.90. The average molecular weight is 502 g/mol. The highest BCUT2D eigenvalue weighted by molar-refractivity contribution is 6.30. The van der Waals surface area contributed by atoms with Crippen molar-refractivity contribution in [1.29, 1.82) is 0 Å². The molecule has 0 saturated heterocycles. The molecular formula is C28H25ClFN5O. The molecule has 1 aromatic heterocycles. The average Bonchev–Trinajstić information content (AvgIpc) is 3.31. The van der Waals surface area contributed by atoms with Crippen LogP contribution in [0.5, 0.6) is 0 Å². The number of aromatic nitrogens is 1. The van der Waals surface area contributed by atoms with Crippen LogP contribution in [0.1, 0.15) is 16.7 Å². The van der Waals surface area contributed by atoms with Gasteiger partial charge >= 0.3 is 0 Å². The van der Waals surface area contributed by atoms with Crippen LogP contribution >= 0.6 is 11.6 Å². The van der Waals surface area contributed by atoms with E-state index in [1.165, 1.54) is 12.1 Å². The number of hydrogen-bond donors (Lipinski definition) is 2. The first-order valence-corrected chi connectivity index (χ1v) is 11.8. The Morgan fingerprint density at radius 2 is 1.92 bits per heavy atom. The molecule has 8 heteroatoms. The first-order valence-electron chi connectivity index (χ1n) is 11.4. The fourth-order valence-corrected chi connectivity index (χ4v) is 5.26. The summed E-state index contributed by atoms with van der Waals surface area (Å²) in [5.74, 6) is 5.82. The predicted octanol–water partition coefficient (Wildman–Crippen LogP) is 4.57. The maximum Gasteiger partial charge on any atom is 0.251 e. The SMILES string of the molecule is C=CN(C)/C(=N\N)C(N)(c1ccc(F)cc1)c1cc2c3c(c1)c(-c1cccc(Cl)c1)cc(=O)n3CC2. The van der Waals surface area contributed by atoms with Crippen LogP contribution in [0.15, 0.2) is 89.4 Å². The quantitative estimate of drug-likeness (QED) is 0.181. The molecule has 3 aromatic carbocycles. The van der Waals surface area contributed by atoms with Crippen LogP contribution in [0.25, 0.3) is 22.0 Å². The summed E-state index contributed by atoms with van der Waals surface area (Å²) < 4.78 is 15.6. The Hall–Kier alpha value is -3.94. The second kappa shape index (κ2) is 8.93. The van der Waals surface area contributed by atoms with E-state index in [4.69, 9.17) is 23.2 Å². The van der Waals surface area contributed by atoms with Gasteiger partial charge < -0.3 is 21.0 Å².